The van der Waals surface area contributed by atoms with Crippen LogP contribution in [0.4, 0.5) is 0 Å². The van der Waals surface area contributed by atoms with Crippen molar-refractivity contribution in [1.29, 1.82) is 0 Å². The van der Waals surface area contributed by atoms with Gasteiger partial charge in [0.05, 0.1) is 16.8 Å². The molecular formula is C20H16N2O. The molecule has 0 spiro atoms. The van der Waals surface area contributed by atoms with Gasteiger partial charge in [0.25, 0.3) is 0 Å². The first-order chi connectivity index (χ1) is 11.2. The van der Waals surface area contributed by atoms with E-state index < -0.39 is 0 Å². The van der Waals surface area contributed by atoms with Gasteiger partial charge in [0.2, 0.25) is 5.91 Å². The zero-order valence-corrected chi connectivity index (χ0v) is 12.6. The number of carbonyl (C=O) groups is 1. The van der Waals surface area contributed by atoms with Crippen LogP contribution in [0.3, 0.4) is 0 Å². The molecule has 0 atom stereocenters. The Kier molecular flexibility index (Phi) is 3.19. The van der Waals surface area contributed by atoms with Crippen molar-refractivity contribution in [3.05, 3.63) is 77.0 Å². The number of allylic oxidation sites excluding steroid dienone is 1. The van der Waals surface area contributed by atoms with Crippen LogP contribution in [0.1, 0.15) is 33.6 Å². The monoisotopic (exact) mass is 300 g/mol. The van der Waals surface area contributed by atoms with Crippen molar-refractivity contribution in [3.63, 3.8) is 0 Å². The quantitative estimate of drug-likeness (QED) is 0.782. The molecule has 3 aromatic rings. The lowest BCUT2D eigenvalue weighted by Gasteiger charge is -2.09. The van der Waals surface area contributed by atoms with Crippen molar-refractivity contribution in [2.75, 3.05) is 0 Å². The van der Waals surface area contributed by atoms with Gasteiger partial charge in [0.15, 0.2) is 0 Å². The fraction of sp³-hybridized carbons (Fsp3) is 0.100. The fourth-order valence-corrected chi connectivity index (χ4v) is 3.31. The van der Waals surface area contributed by atoms with Crippen LogP contribution in [-0.4, -0.2) is 10.9 Å². The van der Waals surface area contributed by atoms with Gasteiger partial charge in [-0.25, -0.2) is 4.98 Å². The number of primary amides is 1. The third kappa shape index (κ3) is 2.30. The molecule has 0 fully saturated rings. The molecule has 0 unspecified atom stereocenters. The van der Waals surface area contributed by atoms with Crippen LogP contribution < -0.4 is 5.73 Å². The van der Waals surface area contributed by atoms with Crippen molar-refractivity contribution < 1.29 is 4.79 Å². The molecule has 4 rings (SSSR count). The maximum Gasteiger partial charge on any atom is 0.249 e. The zero-order valence-electron chi connectivity index (χ0n) is 12.6. The first kappa shape index (κ1) is 13.7. The standard InChI is InChI=1S/C20H16N2O/c21-20(23)18-15-8-4-5-9-17(15)22-19-14(10-11-16(18)19)12-13-6-2-1-3-7-13/h1-9,12H,10-11H2,(H2,21,23)/b14-12-. The van der Waals surface area contributed by atoms with Gasteiger partial charge in [-0.2, -0.15) is 0 Å². The molecule has 1 heterocycles. The summed E-state index contributed by atoms with van der Waals surface area (Å²) in [4.78, 5) is 16.8. The van der Waals surface area contributed by atoms with E-state index in [2.05, 4.69) is 18.2 Å². The summed E-state index contributed by atoms with van der Waals surface area (Å²) < 4.78 is 0. The third-order valence-electron chi connectivity index (χ3n) is 4.33. The average molecular weight is 300 g/mol. The average Bonchev–Trinajstić information content (AvgIpc) is 2.95. The Morgan fingerprint density at radius 2 is 1.74 bits per heavy atom. The highest BCUT2D eigenvalue weighted by Gasteiger charge is 2.25. The maximum atomic E-state index is 12.0. The van der Waals surface area contributed by atoms with E-state index in [1.807, 2.05) is 42.5 Å². The normalized spacial score (nSPS) is 15.0. The number of para-hydroxylation sites is 1. The number of nitrogens with zero attached hydrogens (tertiary/aromatic N) is 1. The Bertz CT molecular complexity index is 943. The molecule has 1 aromatic heterocycles. The summed E-state index contributed by atoms with van der Waals surface area (Å²) in [6, 6.07) is 17.9. The summed E-state index contributed by atoms with van der Waals surface area (Å²) >= 11 is 0. The lowest BCUT2D eigenvalue weighted by Crippen LogP contribution is -2.15. The molecule has 0 saturated heterocycles. The summed E-state index contributed by atoms with van der Waals surface area (Å²) in [5.74, 6) is -0.374. The number of hydrogen-bond acceptors (Lipinski definition) is 2. The highest BCUT2D eigenvalue weighted by Crippen LogP contribution is 2.37. The number of nitrogens with two attached hydrogens (primary N) is 1. The first-order valence-corrected chi connectivity index (χ1v) is 7.71. The largest absolute Gasteiger partial charge is 0.366 e. The van der Waals surface area contributed by atoms with Crippen LogP contribution in [0, 0.1) is 0 Å². The van der Waals surface area contributed by atoms with Crippen LogP contribution in [0.25, 0.3) is 22.6 Å². The molecule has 3 heteroatoms. The predicted octanol–water partition coefficient (Wildman–Crippen LogP) is 3.82. The van der Waals surface area contributed by atoms with E-state index in [0.29, 0.717) is 5.56 Å². The van der Waals surface area contributed by atoms with Gasteiger partial charge in [-0.1, -0.05) is 48.5 Å². The molecule has 1 amide bonds. The Morgan fingerprint density at radius 1 is 1.00 bits per heavy atom. The zero-order chi connectivity index (χ0) is 15.8. The minimum Gasteiger partial charge on any atom is -0.366 e. The Labute approximate surface area is 134 Å². The van der Waals surface area contributed by atoms with Crippen molar-refractivity contribution in [2.45, 2.75) is 12.8 Å². The van der Waals surface area contributed by atoms with Crippen LogP contribution in [-0.2, 0) is 6.42 Å². The Morgan fingerprint density at radius 3 is 2.52 bits per heavy atom. The van der Waals surface area contributed by atoms with Crippen LogP contribution in [0.5, 0.6) is 0 Å². The lowest BCUT2D eigenvalue weighted by molar-refractivity contribution is 0.100. The molecule has 0 aliphatic heterocycles. The van der Waals surface area contributed by atoms with Gasteiger partial charge >= 0.3 is 0 Å². The molecule has 0 saturated carbocycles. The number of amides is 1. The van der Waals surface area contributed by atoms with E-state index >= 15 is 0 Å². The summed E-state index contributed by atoms with van der Waals surface area (Å²) in [7, 11) is 0. The third-order valence-corrected chi connectivity index (χ3v) is 4.33. The van der Waals surface area contributed by atoms with Crippen LogP contribution >= 0.6 is 0 Å². The van der Waals surface area contributed by atoms with Gasteiger partial charge in [-0.05, 0) is 41.7 Å². The Balaban J connectivity index is 1.96. The molecular weight excluding hydrogens is 284 g/mol. The number of carbonyl (C=O) groups excluding carboxylic acids is 1. The minimum atomic E-state index is -0.374. The number of rotatable bonds is 2. The van der Waals surface area contributed by atoms with Gasteiger partial charge in [-0.15, -0.1) is 0 Å². The molecule has 3 nitrogen and oxygen atoms in total. The summed E-state index contributed by atoms with van der Waals surface area (Å²) in [5.41, 5.74) is 11.3. The number of pyridine rings is 1. The smallest absolute Gasteiger partial charge is 0.249 e. The number of fused-ring (bicyclic) bond motifs is 2. The molecule has 0 radical (unpaired) electrons. The van der Waals surface area contributed by atoms with Gasteiger partial charge < -0.3 is 5.73 Å². The molecule has 2 N–H and O–H groups in total. The molecule has 112 valence electrons. The predicted molar refractivity (Wildman–Crippen MR) is 92.9 cm³/mol. The topological polar surface area (TPSA) is 56.0 Å². The second-order valence-electron chi connectivity index (χ2n) is 5.78. The van der Waals surface area contributed by atoms with Gasteiger partial charge in [0.1, 0.15) is 0 Å². The summed E-state index contributed by atoms with van der Waals surface area (Å²) in [6.45, 7) is 0. The highest BCUT2D eigenvalue weighted by molar-refractivity contribution is 6.08. The van der Waals surface area contributed by atoms with E-state index in [1.165, 1.54) is 5.57 Å². The van der Waals surface area contributed by atoms with Crippen molar-refractivity contribution in [2.24, 2.45) is 5.73 Å². The van der Waals surface area contributed by atoms with Crippen LogP contribution in [0.2, 0.25) is 0 Å². The van der Waals surface area contributed by atoms with Crippen molar-refractivity contribution in [1.82, 2.24) is 4.98 Å². The highest BCUT2D eigenvalue weighted by atomic mass is 16.1. The first-order valence-electron chi connectivity index (χ1n) is 7.71. The number of aromatic nitrogens is 1. The van der Waals surface area contributed by atoms with E-state index in [-0.39, 0.29) is 5.91 Å². The summed E-state index contributed by atoms with van der Waals surface area (Å²) in [6.07, 6.45) is 3.84. The van der Waals surface area contributed by atoms with Crippen molar-refractivity contribution >= 4 is 28.5 Å². The minimum absolute atomic E-state index is 0.374. The van der Waals surface area contributed by atoms with E-state index in [4.69, 9.17) is 10.7 Å². The lowest BCUT2D eigenvalue weighted by atomic mass is 10.0. The van der Waals surface area contributed by atoms with Crippen molar-refractivity contribution in [3.8, 4) is 0 Å². The summed E-state index contributed by atoms with van der Waals surface area (Å²) in [5, 5.41) is 0.847. The maximum absolute atomic E-state index is 12.0. The van der Waals surface area contributed by atoms with Gasteiger partial charge in [-0.3, -0.25) is 4.79 Å². The SMILES string of the molecule is NC(=O)c1c2c(nc3ccccc13)/C(=C\c1ccccc1)CC2. The second kappa shape index (κ2) is 5.36. The van der Waals surface area contributed by atoms with E-state index in [1.54, 1.807) is 0 Å². The molecule has 0 bridgehead atoms. The Hall–Kier alpha value is -2.94. The van der Waals surface area contributed by atoms with Crippen LogP contribution in [0.15, 0.2) is 54.6 Å². The molecule has 2 aromatic carbocycles. The van der Waals surface area contributed by atoms with Gasteiger partial charge in [0, 0.05) is 5.39 Å². The van der Waals surface area contributed by atoms with E-state index in [9.17, 15) is 4.79 Å². The van der Waals surface area contributed by atoms with E-state index in [0.717, 1.165) is 40.6 Å². The second-order valence-corrected chi connectivity index (χ2v) is 5.78. The number of benzene rings is 2. The number of hydrogen-bond donors (Lipinski definition) is 1. The molecule has 1 aliphatic carbocycles. The fourth-order valence-electron chi connectivity index (χ4n) is 3.31. The molecule has 23 heavy (non-hydrogen) atoms. The molecule has 1 aliphatic rings.